The molecule has 0 saturated carbocycles. The maximum absolute atomic E-state index is 12.3. The molecule has 2 heterocycles. The number of carbonyl (C=O) groups is 2. The maximum atomic E-state index is 12.3. The molecule has 1 aromatic rings. The van der Waals surface area contributed by atoms with Crippen molar-refractivity contribution in [2.45, 2.75) is 58.7 Å². The van der Waals surface area contributed by atoms with E-state index >= 15 is 0 Å². The van der Waals surface area contributed by atoms with Crippen LogP contribution in [0.1, 0.15) is 56.0 Å². The number of allylic oxidation sites excluding steroid dienone is 6. The lowest BCUT2D eigenvalue weighted by atomic mass is 9.99. The Kier molecular flexibility index (Phi) is 9.34. The van der Waals surface area contributed by atoms with Gasteiger partial charge < -0.3 is 14.6 Å². The number of benzene rings is 1. The lowest BCUT2D eigenvalue weighted by molar-refractivity contribution is -0.114. The Balaban J connectivity index is 0.000000423. The van der Waals surface area contributed by atoms with E-state index in [0.717, 1.165) is 18.9 Å². The molecular formula is C24H29NO6. The summed E-state index contributed by atoms with van der Waals surface area (Å²) in [5.74, 6) is -1.20. The molecule has 7 nitrogen and oxygen atoms in total. The smallest absolute Gasteiger partial charge is 0.340 e. The fraction of sp³-hybridized carbons (Fsp3) is 0.417. The molecule has 0 spiro atoms. The number of epoxide rings is 1. The Morgan fingerprint density at radius 2 is 1.94 bits per heavy atom. The Bertz CT molecular complexity index is 900. The maximum Gasteiger partial charge on any atom is 0.340 e. The highest BCUT2D eigenvalue weighted by Gasteiger charge is 2.37. The molecule has 1 aromatic carbocycles. The lowest BCUT2D eigenvalue weighted by Crippen LogP contribution is -2.13. The molecule has 31 heavy (non-hydrogen) atoms. The van der Waals surface area contributed by atoms with Crippen molar-refractivity contribution in [3.05, 3.63) is 64.1 Å². The molecule has 2 aliphatic heterocycles. The number of hydrogen-bond acceptors (Lipinski definition) is 7. The van der Waals surface area contributed by atoms with Crippen LogP contribution in [-0.2, 0) is 20.7 Å². The van der Waals surface area contributed by atoms with E-state index in [1.807, 2.05) is 19.9 Å². The van der Waals surface area contributed by atoms with Gasteiger partial charge in [0.15, 0.2) is 5.78 Å². The molecule has 7 heteroatoms. The average Bonchev–Trinajstić information content (AvgIpc) is 3.48. The van der Waals surface area contributed by atoms with Crippen LogP contribution in [0, 0.1) is 4.91 Å². The van der Waals surface area contributed by atoms with Crippen molar-refractivity contribution in [3.8, 4) is 5.75 Å². The number of nitroso groups, excluding NO2 is 1. The minimum atomic E-state index is -0.731. The molecule has 1 fully saturated rings. The third-order valence-electron chi connectivity index (χ3n) is 4.98. The summed E-state index contributed by atoms with van der Waals surface area (Å²) in [6.45, 7) is 6.30. The number of phenolic OH excluding ortho intramolecular Hbond substituents is 1. The van der Waals surface area contributed by atoms with Gasteiger partial charge in [0.1, 0.15) is 11.4 Å². The van der Waals surface area contributed by atoms with Crippen LogP contribution in [0.25, 0.3) is 0 Å². The number of nitrogens with zero attached hydrogens (tertiary/aromatic N) is 1. The van der Waals surface area contributed by atoms with Crippen molar-refractivity contribution in [2.24, 2.45) is 5.18 Å². The van der Waals surface area contributed by atoms with Gasteiger partial charge in [-0.05, 0) is 56.5 Å². The second-order valence-corrected chi connectivity index (χ2v) is 7.38. The highest BCUT2D eigenvalue weighted by molar-refractivity contribution is 6.00. The van der Waals surface area contributed by atoms with Crippen LogP contribution < -0.4 is 0 Å². The van der Waals surface area contributed by atoms with E-state index < -0.39 is 5.97 Å². The molecule has 0 aliphatic carbocycles. The van der Waals surface area contributed by atoms with Crippen molar-refractivity contribution < 1.29 is 24.2 Å². The Labute approximate surface area is 182 Å². The van der Waals surface area contributed by atoms with Crippen LogP contribution in [0.3, 0.4) is 0 Å². The number of aromatic hydroxyl groups is 1. The van der Waals surface area contributed by atoms with Crippen molar-refractivity contribution in [1.82, 2.24) is 0 Å². The number of ketones is 1. The van der Waals surface area contributed by atoms with Gasteiger partial charge in [-0.1, -0.05) is 29.9 Å². The van der Waals surface area contributed by atoms with Crippen LogP contribution in [-0.4, -0.2) is 35.7 Å². The molecule has 0 amide bonds. The van der Waals surface area contributed by atoms with Gasteiger partial charge in [-0.2, -0.15) is 0 Å². The molecule has 1 saturated heterocycles. The second-order valence-electron chi connectivity index (χ2n) is 7.38. The van der Waals surface area contributed by atoms with Gasteiger partial charge in [-0.3, -0.25) is 4.79 Å². The number of esters is 1. The molecule has 0 aromatic heterocycles. The summed E-state index contributed by atoms with van der Waals surface area (Å²) >= 11 is 0. The Hall–Kier alpha value is -3.06. The first-order valence-corrected chi connectivity index (χ1v) is 10.4. The predicted molar refractivity (Wildman–Crippen MR) is 118 cm³/mol. The van der Waals surface area contributed by atoms with Gasteiger partial charge in [0, 0.05) is 18.9 Å². The van der Waals surface area contributed by atoms with Crippen LogP contribution in [0.4, 0.5) is 5.69 Å². The SMILES string of the molecule is C/C=C\C(C)=C/C.O=Nc1cc(O)cc2c1C(=O)OCCC1OC1CC/C=C/C(=O)C2. The topological polar surface area (TPSA) is 106 Å². The summed E-state index contributed by atoms with van der Waals surface area (Å²) in [5, 5.41) is 12.5. The van der Waals surface area contributed by atoms with Gasteiger partial charge in [0.2, 0.25) is 0 Å². The lowest BCUT2D eigenvalue weighted by Gasteiger charge is -2.11. The monoisotopic (exact) mass is 427 g/mol. The summed E-state index contributed by atoms with van der Waals surface area (Å²) < 4.78 is 10.7. The van der Waals surface area contributed by atoms with Gasteiger partial charge in [-0.15, -0.1) is 4.91 Å². The van der Waals surface area contributed by atoms with E-state index in [-0.39, 0.29) is 53.6 Å². The first-order valence-electron chi connectivity index (χ1n) is 10.4. The van der Waals surface area contributed by atoms with Gasteiger partial charge in [-0.25, -0.2) is 4.79 Å². The predicted octanol–water partition coefficient (Wildman–Crippen LogP) is 5.09. The van der Waals surface area contributed by atoms with Crippen molar-refractivity contribution in [2.75, 3.05) is 6.61 Å². The van der Waals surface area contributed by atoms with E-state index in [9.17, 15) is 19.6 Å². The third-order valence-corrected chi connectivity index (χ3v) is 4.98. The minimum absolute atomic E-state index is 0.0628. The first kappa shape index (κ1) is 24.2. The summed E-state index contributed by atoms with van der Waals surface area (Å²) in [5.41, 5.74) is 1.23. The third kappa shape index (κ3) is 7.61. The molecule has 3 rings (SSSR count). The number of hydrogen-bond donors (Lipinski definition) is 1. The standard InChI is InChI=1S/C17H17NO6.C7H12/c19-11-3-1-2-4-14-15(24-14)5-6-23-17(21)16-10(7-11)8-12(20)9-13(16)18-22;1-4-6-7(3)5-2/h1,3,8-9,14-15,20H,2,4-7H2;4-6H,1-3H3/b3-1+;6-4-,7-5-. The van der Waals surface area contributed by atoms with E-state index in [1.165, 1.54) is 17.7 Å². The zero-order valence-electron chi connectivity index (χ0n) is 18.2. The zero-order chi connectivity index (χ0) is 22.8. The molecule has 166 valence electrons. The van der Waals surface area contributed by atoms with E-state index in [2.05, 4.69) is 24.3 Å². The van der Waals surface area contributed by atoms with Crippen LogP contribution in [0.5, 0.6) is 5.75 Å². The number of carbonyl (C=O) groups excluding carboxylic acids is 2. The average molecular weight is 427 g/mol. The van der Waals surface area contributed by atoms with E-state index in [4.69, 9.17) is 9.47 Å². The fourth-order valence-electron chi connectivity index (χ4n) is 3.22. The largest absolute Gasteiger partial charge is 0.508 e. The van der Waals surface area contributed by atoms with Crippen molar-refractivity contribution in [1.29, 1.82) is 0 Å². The van der Waals surface area contributed by atoms with Crippen molar-refractivity contribution in [3.63, 3.8) is 0 Å². The number of rotatable bonds is 2. The summed E-state index contributed by atoms with van der Waals surface area (Å²) in [6.07, 6.45) is 11.6. The van der Waals surface area contributed by atoms with Crippen LogP contribution in [0.2, 0.25) is 0 Å². The van der Waals surface area contributed by atoms with Crippen LogP contribution >= 0.6 is 0 Å². The molecule has 2 unspecified atom stereocenters. The number of ether oxygens (including phenoxy) is 2. The Morgan fingerprint density at radius 3 is 2.58 bits per heavy atom. The number of phenols is 1. The molecule has 1 N–H and O–H groups in total. The number of fused-ring (bicyclic) bond motifs is 2. The van der Waals surface area contributed by atoms with Crippen molar-refractivity contribution >= 4 is 17.4 Å². The number of cyclic esters (lactones) is 1. The highest BCUT2D eigenvalue weighted by Crippen LogP contribution is 2.32. The minimum Gasteiger partial charge on any atom is -0.508 e. The molecule has 2 atom stereocenters. The zero-order valence-corrected chi connectivity index (χ0v) is 18.2. The summed E-state index contributed by atoms with van der Waals surface area (Å²) in [6, 6.07) is 2.36. The highest BCUT2D eigenvalue weighted by atomic mass is 16.6. The van der Waals surface area contributed by atoms with E-state index in [1.54, 1.807) is 6.08 Å². The van der Waals surface area contributed by atoms with Gasteiger partial charge >= 0.3 is 5.97 Å². The second kappa shape index (κ2) is 12.0. The van der Waals surface area contributed by atoms with Crippen LogP contribution in [0.15, 0.2) is 53.3 Å². The summed E-state index contributed by atoms with van der Waals surface area (Å²) in [4.78, 5) is 35.4. The summed E-state index contributed by atoms with van der Waals surface area (Å²) in [7, 11) is 0. The quantitative estimate of drug-likeness (QED) is 0.305. The van der Waals surface area contributed by atoms with E-state index in [0.29, 0.717) is 6.42 Å². The fourth-order valence-corrected chi connectivity index (χ4v) is 3.22. The molecule has 2 aliphatic rings. The molecular weight excluding hydrogens is 398 g/mol. The first-order chi connectivity index (χ1) is 14.9. The van der Waals surface area contributed by atoms with Gasteiger partial charge in [0.05, 0.1) is 24.4 Å². The van der Waals surface area contributed by atoms with Gasteiger partial charge in [0.25, 0.3) is 0 Å². The molecule has 0 radical (unpaired) electrons. The Morgan fingerprint density at radius 1 is 1.19 bits per heavy atom. The normalized spacial score (nSPS) is 22.9. The molecule has 0 bridgehead atoms.